The maximum atomic E-state index is 10.4. The van der Waals surface area contributed by atoms with Gasteiger partial charge in [0.15, 0.2) is 0 Å². The number of aliphatic carboxylic acids is 1. The van der Waals surface area contributed by atoms with Gasteiger partial charge in [-0.2, -0.15) is 0 Å². The molecule has 0 aliphatic rings. The number of carbonyl (C=O) groups is 1. The Morgan fingerprint density at radius 2 is 2.12 bits per heavy atom. The first-order valence-corrected chi connectivity index (χ1v) is 5.07. The molecular weight excluding hydrogens is 204 g/mol. The van der Waals surface area contributed by atoms with Gasteiger partial charge < -0.3 is 10.4 Å². The van der Waals surface area contributed by atoms with Gasteiger partial charge in [-0.15, -0.1) is 0 Å². The predicted octanol–water partition coefficient (Wildman–Crippen LogP) is 2.12. The van der Waals surface area contributed by atoms with E-state index in [2.05, 4.69) is 10.3 Å². The van der Waals surface area contributed by atoms with E-state index in [0.717, 1.165) is 16.6 Å². The van der Waals surface area contributed by atoms with E-state index in [1.165, 1.54) is 0 Å². The topological polar surface area (TPSA) is 62.2 Å². The Hall–Kier alpha value is -2.10. The fourth-order valence-corrected chi connectivity index (χ4v) is 1.55. The number of rotatable bonds is 4. The van der Waals surface area contributed by atoms with E-state index in [-0.39, 0.29) is 6.42 Å². The van der Waals surface area contributed by atoms with Gasteiger partial charge in [0, 0.05) is 23.8 Å². The molecule has 0 fully saturated rings. The van der Waals surface area contributed by atoms with Crippen LogP contribution in [0.15, 0.2) is 36.5 Å². The lowest BCUT2D eigenvalue weighted by Crippen LogP contribution is -2.07. The lowest BCUT2D eigenvalue weighted by atomic mass is 10.2. The zero-order valence-electron chi connectivity index (χ0n) is 8.68. The number of hydrogen-bond donors (Lipinski definition) is 2. The molecule has 0 aliphatic heterocycles. The molecule has 4 heteroatoms. The number of anilines is 1. The Morgan fingerprint density at radius 3 is 2.94 bits per heavy atom. The summed E-state index contributed by atoms with van der Waals surface area (Å²) in [6.07, 6.45) is 1.82. The van der Waals surface area contributed by atoms with Gasteiger partial charge in [0.1, 0.15) is 0 Å². The summed E-state index contributed by atoms with van der Waals surface area (Å²) >= 11 is 0. The van der Waals surface area contributed by atoms with E-state index >= 15 is 0 Å². The minimum absolute atomic E-state index is 0.108. The van der Waals surface area contributed by atoms with Crippen molar-refractivity contribution in [1.29, 1.82) is 0 Å². The molecule has 0 atom stereocenters. The Kier molecular flexibility index (Phi) is 3.00. The van der Waals surface area contributed by atoms with Gasteiger partial charge in [0.25, 0.3) is 0 Å². The third kappa shape index (κ3) is 2.28. The van der Waals surface area contributed by atoms with Gasteiger partial charge in [-0.1, -0.05) is 18.2 Å². The lowest BCUT2D eigenvalue weighted by molar-refractivity contribution is -0.136. The number of carboxylic acid groups (broad SMARTS) is 1. The van der Waals surface area contributed by atoms with Crippen LogP contribution in [0.2, 0.25) is 0 Å². The number of pyridine rings is 1. The fraction of sp³-hybridized carbons (Fsp3) is 0.167. The maximum absolute atomic E-state index is 10.4. The summed E-state index contributed by atoms with van der Waals surface area (Å²) in [6, 6.07) is 9.61. The van der Waals surface area contributed by atoms with Gasteiger partial charge in [0.2, 0.25) is 0 Å². The first-order valence-electron chi connectivity index (χ1n) is 5.07. The number of benzene rings is 1. The summed E-state index contributed by atoms with van der Waals surface area (Å²) in [5.41, 5.74) is 1.83. The molecule has 4 nitrogen and oxygen atoms in total. The summed E-state index contributed by atoms with van der Waals surface area (Å²) in [5.74, 6) is -0.800. The first kappa shape index (κ1) is 10.4. The molecule has 2 rings (SSSR count). The van der Waals surface area contributed by atoms with Crippen molar-refractivity contribution in [1.82, 2.24) is 4.98 Å². The summed E-state index contributed by atoms with van der Waals surface area (Å²) < 4.78 is 0. The summed E-state index contributed by atoms with van der Waals surface area (Å²) in [4.78, 5) is 14.6. The molecule has 1 heterocycles. The van der Waals surface area contributed by atoms with E-state index in [4.69, 9.17) is 5.11 Å². The molecule has 0 radical (unpaired) electrons. The van der Waals surface area contributed by atoms with E-state index in [9.17, 15) is 4.79 Å². The average molecular weight is 216 g/mol. The molecule has 2 aromatic rings. The van der Waals surface area contributed by atoms with Gasteiger partial charge >= 0.3 is 5.97 Å². The largest absolute Gasteiger partial charge is 0.481 e. The number of nitrogens with zero attached hydrogens (tertiary/aromatic N) is 1. The van der Waals surface area contributed by atoms with Crippen LogP contribution in [0.4, 0.5) is 5.69 Å². The van der Waals surface area contributed by atoms with E-state index in [1.54, 1.807) is 6.20 Å². The van der Waals surface area contributed by atoms with Crippen LogP contribution in [0.1, 0.15) is 6.42 Å². The fourth-order valence-electron chi connectivity index (χ4n) is 1.55. The van der Waals surface area contributed by atoms with Crippen molar-refractivity contribution in [2.45, 2.75) is 6.42 Å². The molecule has 82 valence electrons. The van der Waals surface area contributed by atoms with Crippen LogP contribution < -0.4 is 5.32 Å². The number of aromatic nitrogens is 1. The smallest absolute Gasteiger partial charge is 0.305 e. The summed E-state index contributed by atoms with van der Waals surface area (Å²) in [5, 5.41) is 12.7. The van der Waals surface area contributed by atoms with Crippen LogP contribution in [0.25, 0.3) is 10.9 Å². The Labute approximate surface area is 92.9 Å². The highest BCUT2D eigenvalue weighted by Gasteiger charge is 2.01. The highest BCUT2D eigenvalue weighted by atomic mass is 16.4. The molecule has 0 saturated heterocycles. The minimum Gasteiger partial charge on any atom is -0.481 e. The summed E-state index contributed by atoms with van der Waals surface area (Å²) in [6.45, 7) is 0.420. The quantitative estimate of drug-likeness (QED) is 0.821. The second-order valence-electron chi connectivity index (χ2n) is 3.45. The van der Waals surface area contributed by atoms with Crippen LogP contribution in [0, 0.1) is 0 Å². The number of para-hydroxylation sites is 1. The van der Waals surface area contributed by atoms with E-state index in [0.29, 0.717) is 6.54 Å². The van der Waals surface area contributed by atoms with Crippen LogP contribution in [-0.2, 0) is 4.79 Å². The number of nitrogens with one attached hydrogen (secondary N) is 1. The number of carboxylic acids is 1. The molecule has 0 saturated carbocycles. The molecule has 1 aromatic carbocycles. The molecule has 0 spiro atoms. The monoisotopic (exact) mass is 216 g/mol. The van der Waals surface area contributed by atoms with Gasteiger partial charge in [-0.05, 0) is 12.1 Å². The third-order valence-electron chi connectivity index (χ3n) is 2.30. The lowest BCUT2D eigenvalue weighted by Gasteiger charge is -2.07. The molecule has 1 aromatic heterocycles. The van der Waals surface area contributed by atoms with Crippen molar-refractivity contribution in [2.75, 3.05) is 11.9 Å². The average Bonchev–Trinajstić information content (AvgIpc) is 2.29. The van der Waals surface area contributed by atoms with Gasteiger partial charge in [-0.25, -0.2) is 0 Å². The molecule has 0 amide bonds. The van der Waals surface area contributed by atoms with Crippen molar-refractivity contribution in [3.8, 4) is 0 Å². The molecular formula is C12H12N2O2. The molecule has 0 unspecified atom stereocenters. The van der Waals surface area contributed by atoms with Crippen molar-refractivity contribution >= 4 is 22.6 Å². The van der Waals surface area contributed by atoms with Crippen LogP contribution in [0.3, 0.4) is 0 Å². The second kappa shape index (κ2) is 4.61. The van der Waals surface area contributed by atoms with Crippen molar-refractivity contribution in [2.24, 2.45) is 0 Å². The zero-order valence-corrected chi connectivity index (χ0v) is 8.68. The SMILES string of the molecule is O=C(O)CCNc1ccnc2ccccc12. The van der Waals surface area contributed by atoms with Gasteiger partial charge in [0.05, 0.1) is 11.9 Å². The van der Waals surface area contributed by atoms with Crippen LogP contribution in [-0.4, -0.2) is 22.6 Å². The molecule has 16 heavy (non-hydrogen) atoms. The van der Waals surface area contributed by atoms with Crippen molar-refractivity contribution in [3.63, 3.8) is 0 Å². The molecule has 0 aliphatic carbocycles. The highest BCUT2D eigenvalue weighted by molar-refractivity contribution is 5.90. The third-order valence-corrected chi connectivity index (χ3v) is 2.30. The number of hydrogen-bond acceptors (Lipinski definition) is 3. The first-order chi connectivity index (χ1) is 7.77. The van der Waals surface area contributed by atoms with Gasteiger partial charge in [-0.3, -0.25) is 9.78 Å². The Bertz CT molecular complexity index is 506. The Morgan fingerprint density at radius 1 is 1.31 bits per heavy atom. The van der Waals surface area contributed by atoms with Crippen molar-refractivity contribution < 1.29 is 9.90 Å². The summed E-state index contributed by atoms with van der Waals surface area (Å²) in [7, 11) is 0. The molecule has 0 bridgehead atoms. The minimum atomic E-state index is -0.800. The highest BCUT2D eigenvalue weighted by Crippen LogP contribution is 2.20. The second-order valence-corrected chi connectivity index (χ2v) is 3.45. The standard InChI is InChI=1S/C12H12N2O2/c15-12(16)6-8-14-11-5-7-13-10-4-2-1-3-9(10)11/h1-5,7H,6,8H2,(H,13,14)(H,15,16). The van der Waals surface area contributed by atoms with Crippen molar-refractivity contribution in [3.05, 3.63) is 36.5 Å². The van der Waals surface area contributed by atoms with Crippen LogP contribution >= 0.6 is 0 Å². The Balaban J connectivity index is 2.20. The van der Waals surface area contributed by atoms with E-state index < -0.39 is 5.97 Å². The maximum Gasteiger partial charge on any atom is 0.305 e. The number of fused-ring (bicyclic) bond motifs is 1. The predicted molar refractivity (Wildman–Crippen MR) is 62.5 cm³/mol. The molecule has 2 N–H and O–H groups in total. The zero-order chi connectivity index (χ0) is 11.4. The van der Waals surface area contributed by atoms with E-state index in [1.807, 2.05) is 30.3 Å². The normalized spacial score (nSPS) is 10.2. The van der Waals surface area contributed by atoms with Crippen LogP contribution in [0.5, 0.6) is 0 Å².